The molecule has 2 bridgehead atoms. The summed E-state index contributed by atoms with van der Waals surface area (Å²) >= 11 is 3.77. The number of alkyl halides is 1. The third-order valence-electron chi connectivity index (χ3n) is 6.53. The second-order valence-corrected chi connectivity index (χ2v) is 9.38. The van der Waals surface area contributed by atoms with Gasteiger partial charge >= 0.3 is 0 Å². The van der Waals surface area contributed by atoms with Gasteiger partial charge in [-0.3, -0.25) is 0 Å². The minimum atomic E-state index is -0.679. The van der Waals surface area contributed by atoms with Gasteiger partial charge in [0.1, 0.15) is 4.51 Å². The van der Waals surface area contributed by atoms with Crippen LogP contribution in [0.25, 0.3) is 0 Å². The number of fused-ring (bicyclic) bond motifs is 2. The van der Waals surface area contributed by atoms with Crippen molar-refractivity contribution in [3.05, 3.63) is 0 Å². The molecule has 5 rings (SSSR count). The molecule has 4 saturated heterocycles. The largest absolute Gasteiger partial charge is 0.332 e. The van der Waals surface area contributed by atoms with Gasteiger partial charge in [-0.15, -0.1) is 0 Å². The van der Waals surface area contributed by atoms with Crippen LogP contribution in [0.5, 0.6) is 0 Å². The molecule has 1 unspecified atom stereocenters. The lowest BCUT2D eigenvalue weighted by atomic mass is 9.57. The van der Waals surface area contributed by atoms with Crippen molar-refractivity contribution in [1.29, 1.82) is 0 Å². The minimum absolute atomic E-state index is 0.346. The second kappa shape index (κ2) is 4.44. The van der Waals surface area contributed by atoms with Gasteiger partial charge < -0.3 is 9.47 Å². The smallest absolute Gasteiger partial charge is 0.201 e. The van der Waals surface area contributed by atoms with E-state index in [1.165, 1.54) is 6.42 Å². The highest BCUT2D eigenvalue weighted by molar-refractivity contribution is 9.10. The van der Waals surface area contributed by atoms with Crippen LogP contribution in [0, 0.1) is 23.7 Å². The fourth-order valence-corrected chi connectivity index (χ4v) is 5.55. The van der Waals surface area contributed by atoms with Gasteiger partial charge in [0.2, 0.25) is 5.79 Å². The molecular formula is C16H25BrO4. The van der Waals surface area contributed by atoms with Crippen LogP contribution in [0.3, 0.4) is 0 Å². The van der Waals surface area contributed by atoms with E-state index >= 15 is 0 Å². The standard InChI is InChI=1S/C16H25BrO4/c1-9-5-6-12-10(2)15(4,17)19-13-16(12)11(9)7-8-14(3,18-13)20-21-16/h9-13H,5-8H2,1-4H3/t9-,10-,11?,12+,13+,14+,15+,16-/m1/s1. The van der Waals surface area contributed by atoms with Crippen LogP contribution in [0.15, 0.2) is 0 Å². The van der Waals surface area contributed by atoms with E-state index in [2.05, 4.69) is 36.7 Å². The van der Waals surface area contributed by atoms with Gasteiger partial charge in [0.15, 0.2) is 11.9 Å². The minimum Gasteiger partial charge on any atom is -0.332 e. The predicted molar refractivity (Wildman–Crippen MR) is 80.4 cm³/mol. The highest BCUT2D eigenvalue weighted by Gasteiger charge is 2.70. The molecule has 1 aliphatic carbocycles. The monoisotopic (exact) mass is 360 g/mol. The number of rotatable bonds is 0. The fraction of sp³-hybridized carbons (Fsp3) is 1.00. The Morgan fingerprint density at radius 1 is 0.952 bits per heavy atom. The van der Waals surface area contributed by atoms with E-state index in [0.717, 1.165) is 19.3 Å². The highest BCUT2D eigenvalue weighted by Crippen LogP contribution is 2.62. The van der Waals surface area contributed by atoms with Crippen molar-refractivity contribution < 1.29 is 19.2 Å². The Morgan fingerprint density at radius 3 is 2.48 bits per heavy atom. The summed E-state index contributed by atoms with van der Waals surface area (Å²) in [5.74, 6) is 1.12. The zero-order valence-electron chi connectivity index (χ0n) is 13.2. The quantitative estimate of drug-likeness (QED) is 0.483. The SMILES string of the molecule is C[C@@H]1CC[C@H]2[C@@H](C)[C@@](C)(Br)O[C@@H]3O[C@]4(C)CCC1[C@]32OO4. The van der Waals surface area contributed by atoms with E-state index in [4.69, 9.17) is 19.2 Å². The van der Waals surface area contributed by atoms with Gasteiger partial charge in [-0.1, -0.05) is 29.8 Å². The summed E-state index contributed by atoms with van der Waals surface area (Å²) in [6.07, 6.45) is 3.99. The average Bonchev–Trinajstić information content (AvgIpc) is 2.62. The van der Waals surface area contributed by atoms with Crippen LogP contribution in [-0.2, 0) is 19.2 Å². The third-order valence-corrected chi connectivity index (χ3v) is 7.44. The van der Waals surface area contributed by atoms with Crippen LogP contribution in [0.4, 0.5) is 0 Å². The molecule has 0 N–H and O–H groups in total. The maximum Gasteiger partial charge on any atom is 0.201 e. The molecule has 0 aromatic carbocycles. The van der Waals surface area contributed by atoms with Crippen LogP contribution in [-0.4, -0.2) is 22.2 Å². The normalized spacial score (nSPS) is 63.0. The Hall–Kier alpha value is 0.320. The predicted octanol–water partition coefficient (Wildman–Crippen LogP) is 3.98. The molecule has 4 heterocycles. The molecule has 4 nitrogen and oxygen atoms in total. The third kappa shape index (κ3) is 1.87. The van der Waals surface area contributed by atoms with Crippen LogP contribution < -0.4 is 0 Å². The molecule has 0 radical (unpaired) electrons. The summed E-state index contributed by atoms with van der Waals surface area (Å²) in [6, 6.07) is 0. The summed E-state index contributed by atoms with van der Waals surface area (Å²) in [4.78, 5) is 11.9. The van der Waals surface area contributed by atoms with Gasteiger partial charge in [0.25, 0.3) is 0 Å². The molecule has 1 saturated carbocycles. The first kappa shape index (κ1) is 14.9. The van der Waals surface area contributed by atoms with E-state index < -0.39 is 11.4 Å². The molecule has 0 amide bonds. The van der Waals surface area contributed by atoms with Gasteiger partial charge in [0.05, 0.1) is 0 Å². The lowest BCUT2D eigenvalue weighted by molar-refractivity contribution is -0.572. The van der Waals surface area contributed by atoms with Crippen molar-refractivity contribution >= 4 is 15.9 Å². The number of ether oxygens (including phenoxy) is 2. The van der Waals surface area contributed by atoms with E-state index in [9.17, 15) is 0 Å². The Balaban J connectivity index is 1.83. The zero-order valence-corrected chi connectivity index (χ0v) is 14.8. The molecule has 4 aliphatic heterocycles. The molecule has 5 heteroatoms. The first-order valence-electron chi connectivity index (χ1n) is 8.20. The van der Waals surface area contributed by atoms with Crippen molar-refractivity contribution in [2.24, 2.45) is 23.7 Å². The number of hydrogen-bond acceptors (Lipinski definition) is 4. The molecule has 8 atom stereocenters. The average molecular weight is 361 g/mol. The van der Waals surface area contributed by atoms with Crippen molar-refractivity contribution in [2.45, 2.75) is 75.6 Å². The van der Waals surface area contributed by atoms with Gasteiger partial charge in [-0.25, -0.2) is 9.78 Å². The maximum atomic E-state index is 6.33. The van der Waals surface area contributed by atoms with E-state index in [1.54, 1.807) is 0 Å². The summed E-state index contributed by atoms with van der Waals surface area (Å²) in [5.41, 5.74) is -0.444. The van der Waals surface area contributed by atoms with Gasteiger partial charge in [-0.2, -0.15) is 0 Å². The molecule has 0 aromatic heterocycles. The lowest BCUT2D eigenvalue weighted by Crippen LogP contribution is -2.71. The highest BCUT2D eigenvalue weighted by atomic mass is 79.9. The molecule has 120 valence electrons. The fourth-order valence-electron chi connectivity index (χ4n) is 5.06. The Bertz CT molecular complexity index is 456. The molecular weight excluding hydrogens is 336 g/mol. The maximum absolute atomic E-state index is 6.33. The van der Waals surface area contributed by atoms with Crippen LogP contribution in [0.2, 0.25) is 0 Å². The first-order chi connectivity index (χ1) is 9.79. The Labute approximate surface area is 134 Å². The Kier molecular flexibility index (Phi) is 3.15. The first-order valence-corrected chi connectivity index (χ1v) is 8.99. The summed E-state index contributed by atoms with van der Waals surface area (Å²) in [6.45, 7) is 8.65. The summed E-state index contributed by atoms with van der Waals surface area (Å²) in [5, 5.41) is 0. The molecule has 0 aromatic rings. The topological polar surface area (TPSA) is 36.9 Å². The van der Waals surface area contributed by atoms with Crippen molar-refractivity contribution in [2.75, 3.05) is 0 Å². The van der Waals surface area contributed by atoms with Crippen LogP contribution >= 0.6 is 15.9 Å². The van der Waals surface area contributed by atoms with Crippen molar-refractivity contribution in [1.82, 2.24) is 0 Å². The van der Waals surface area contributed by atoms with Gasteiger partial charge in [-0.05, 0) is 44.9 Å². The van der Waals surface area contributed by atoms with Gasteiger partial charge in [0, 0.05) is 18.3 Å². The van der Waals surface area contributed by atoms with Crippen LogP contribution in [0.1, 0.15) is 53.4 Å². The van der Waals surface area contributed by atoms with Crippen molar-refractivity contribution in [3.8, 4) is 0 Å². The summed E-state index contributed by atoms with van der Waals surface area (Å²) in [7, 11) is 0. The molecule has 21 heavy (non-hydrogen) atoms. The zero-order chi connectivity index (χ0) is 15.0. The second-order valence-electron chi connectivity index (χ2n) is 7.80. The number of halogens is 1. The van der Waals surface area contributed by atoms with Crippen molar-refractivity contribution in [3.63, 3.8) is 0 Å². The molecule has 5 fully saturated rings. The lowest BCUT2D eigenvalue weighted by Gasteiger charge is -2.61. The number of hydrogen-bond donors (Lipinski definition) is 0. The molecule has 1 spiro atoms. The van der Waals surface area contributed by atoms with E-state index in [0.29, 0.717) is 23.7 Å². The summed E-state index contributed by atoms with van der Waals surface area (Å²) < 4.78 is 12.2. The van der Waals surface area contributed by atoms with E-state index in [1.807, 2.05) is 6.92 Å². The Morgan fingerprint density at radius 2 is 1.71 bits per heavy atom. The van der Waals surface area contributed by atoms with E-state index in [-0.39, 0.29) is 10.8 Å². The molecule has 5 aliphatic rings.